The molecule has 188 valence electrons. The van der Waals surface area contributed by atoms with Crippen LogP contribution < -0.4 is 15.6 Å². The zero-order valence-corrected chi connectivity index (χ0v) is 22.3. The third-order valence-electron chi connectivity index (χ3n) is 6.99. The lowest BCUT2D eigenvalue weighted by Gasteiger charge is -2.46. The molecule has 35 heavy (non-hydrogen) atoms. The number of fused-ring (bicyclic) bond motifs is 2. The number of nitrogens with two attached hydrogens (primary N) is 1. The van der Waals surface area contributed by atoms with Gasteiger partial charge in [0.1, 0.15) is 11.9 Å². The number of aliphatic hydroxyl groups is 1. The van der Waals surface area contributed by atoms with E-state index in [-0.39, 0.29) is 41.4 Å². The highest BCUT2D eigenvalue weighted by atomic mass is 35.5. The van der Waals surface area contributed by atoms with Crippen LogP contribution in [0.2, 0.25) is 5.28 Å². The Morgan fingerprint density at radius 2 is 2.20 bits per heavy atom. The van der Waals surface area contributed by atoms with Gasteiger partial charge in [-0.3, -0.25) is 14.4 Å². The number of carbonyl (C=O) groups excluding carboxylic acids is 3. The number of nitrogens with one attached hydrogen (secondary N) is 1. The molecule has 13 heteroatoms. The van der Waals surface area contributed by atoms with Crippen LogP contribution in [0.5, 0.6) is 0 Å². The maximum absolute atomic E-state index is 12.6. The molecule has 0 unspecified atom stereocenters. The topological polar surface area (TPSA) is 121 Å². The van der Waals surface area contributed by atoms with E-state index >= 15 is 0 Å². The summed E-state index contributed by atoms with van der Waals surface area (Å²) in [5, 5.41) is 13.7. The molecular formula is C22H26Cl2N5O4S2+. The first kappa shape index (κ1) is 25.0. The summed E-state index contributed by atoms with van der Waals surface area (Å²) in [5.41, 5.74) is 5.56. The average Bonchev–Trinajstić information content (AvgIpc) is 3.48. The zero-order valence-electron chi connectivity index (χ0n) is 19.1. The second kappa shape index (κ2) is 9.35. The van der Waals surface area contributed by atoms with Crippen molar-refractivity contribution in [3.05, 3.63) is 33.2 Å². The first-order chi connectivity index (χ1) is 16.6. The van der Waals surface area contributed by atoms with Crippen LogP contribution in [0.1, 0.15) is 25.1 Å². The predicted octanol–water partition coefficient (Wildman–Crippen LogP) is 1.27. The molecule has 3 aliphatic rings. The number of allylic oxidation sites excluding steroid dienone is 1. The van der Waals surface area contributed by atoms with E-state index in [1.54, 1.807) is 34.6 Å². The number of aromatic nitrogens is 2. The molecule has 2 aromatic rings. The highest BCUT2D eigenvalue weighted by molar-refractivity contribution is 8.03. The lowest BCUT2D eigenvalue weighted by atomic mass is 9.79. The number of thioether (sulfide) groups is 1. The molecule has 0 spiro atoms. The van der Waals surface area contributed by atoms with Crippen LogP contribution in [-0.2, 0) is 27.3 Å². The van der Waals surface area contributed by atoms with Gasteiger partial charge in [0.15, 0.2) is 12.7 Å². The van der Waals surface area contributed by atoms with Crippen molar-refractivity contribution in [2.45, 2.75) is 56.7 Å². The summed E-state index contributed by atoms with van der Waals surface area (Å²) in [6, 6.07) is 0.0356. The molecular weight excluding hydrogens is 533 g/mol. The van der Waals surface area contributed by atoms with Gasteiger partial charge in [0.25, 0.3) is 11.1 Å². The molecule has 0 bridgehead atoms. The molecule has 0 radical (unpaired) electrons. The molecule has 2 amide bonds. The molecule has 5 heterocycles. The summed E-state index contributed by atoms with van der Waals surface area (Å²) in [7, 11) is 0. The molecule has 4 N–H and O–H groups in total. The molecule has 2 aromatic heterocycles. The number of hydrogen-bond acceptors (Lipinski definition) is 7. The van der Waals surface area contributed by atoms with Gasteiger partial charge in [-0.15, -0.1) is 11.8 Å². The normalized spacial score (nSPS) is 29.1. The first-order valence-electron chi connectivity index (χ1n) is 11.4. The van der Waals surface area contributed by atoms with Crippen molar-refractivity contribution in [1.82, 2.24) is 14.6 Å². The quantitative estimate of drug-likeness (QED) is 0.255. The Morgan fingerprint density at radius 3 is 2.83 bits per heavy atom. The summed E-state index contributed by atoms with van der Waals surface area (Å²) in [5.74, 6) is -1.23. The molecule has 0 aromatic carbocycles. The fourth-order valence-corrected chi connectivity index (χ4v) is 8.66. The maximum atomic E-state index is 12.6. The SMILES string of the molecule is C[C@@H](O)[C@H]1C(=O)N2C(C(=O)Cl)=C(S[C@@H]3CN[C@H](Cc4cn5c(Cl)[n+](CC(N)=O)cc5s4)C3)[C@H](C)[C@H]12. The number of hydrogen-bond donors (Lipinski definition) is 3. The van der Waals surface area contributed by atoms with Crippen molar-refractivity contribution in [3.63, 3.8) is 0 Å². The van der Waals surface area contributed by atoms with Crippen molar-refractivity contribution in [2.75, 3.05) is 6.54 Å². The van der Waals surface area contributed by atoms with Crippen molar-refractivity contribution in [2.24, 2.45) is 17.6 Å². The largest absolute Gasteiger partial charge is 0.393 e. The second-order valence-corrected chi connectivity index (χ2v) is 12.6. The summed E-state index contributed by atoms with van der Waals surface area (Å²) >= 11 is 15.5. The minimum absolute atomic E-state index is 0.0363. The van der Waals surface area contributed by atoms with Gasteiger partial charge in [0.2, 0.25) is 10.7 Å². The number of primary amides is 1. The van der Waals surface area contributed by atoms with Crippen molar-refractivity contribution in [3.8, 4) is 0 Å². The molecule has 6 atom stereocenters. The van der Waals surface area contributed by atoms with Gasteiger partial charge in [-0.25, -0.2) is 4.57 Å². The number of thiazole rings is 1. The Kier molecular flexibility index (Phi) is 6.69. The van der Waals surface area contributed by atoms with Crippen LogP contribution in [0, 0.1) is 11.8 Å². The lowest BCUT2D eigenvalue weighted by molar-refractivity contribution is -0.680. The summed E-state index contributed by atoms with van der Waals surface area (Å²) < 4.78 is 3.48. The van der Waals surface area contributed by atoms with Gasteiger partial charge in [-0.05, 0) is 24.9 Å². The zero-order chi connectivity index (χ0) is 25.2. The Hall–Kier alpha value is -1.63. The Balaban J connectivity index is 1.26. The van der Waals surface area contributed by atoms with E-state index in [1.165, 1.54) is 4.90 Å². The van der Waals surface area contributed by atoms with Crippen LogP contribution in [0.15, 0.2) is 23.0 Å². The van der Waals surface area contributed by atoms with Crippen LogP contribution in [0.3, 0.4) is 0 Å². The number of halogens is 2. The molecule has 5 rings (SSSR count). The van der Waals surface area contributed by atoms with Gasteiger partial charge in [0.05, 0.1) is 18.1 Å². The number of imidazole rings is 1. The minimum Gasteiger partial charge on any atom is -0.393 e. The Labute approximate surface area is 220 Å². The van der Waals surface area contributed by atoms with Crippen molar-refractivity contribution >= 4 is 68.2 Å². The molecule has 2 fully saturated rings. The number of β-lactam (4-membered cyclic amide) rings is 1. The molecule has 3 aliphatic heterocycles. The summed E-state index contributed by atoms with van der Waals surface area (Å²) in [6.45, 7) is 4.42. The van der Waals surface area contributed by atoms with Gasteiger partial charge in [-0.2, -0.15) is 4.40 Å². The van der Waals surface area contributed by atoms with E-state index < -0.39 is 23.2 Å². The maximum Gasteiger partial charge on any atom is 0.361 e. The van der Waals surface area contributed by atoms with Crippen LogP contribution in [0.25, 0.3) is 4.83 Å². The van der Waals surface area contributed by atoms with Crippen LogP contribution in [-0.4, -0.2) is 61.4 Å². The average molecular weight is 560 g/mol. The standard InChI is InChI=1S/C22H25Cl2N5O4S2/c1-9-17-16(10(2)30)21(33)29(17)18(20(23)32)19(9)35-12-3-11(26-5-12)4-13-6-28-15(34-13)8-27(22(28)24)7-14(25)31/h6,8-12,16-17,26,30H,3-5,7H2,1-2H3,(H-,25,31)/p+1/t9-,10-,11+,12+,16-,17-/m1/s1. The fourth-order valence-electron chi connectivity index (χ4n) is 5.46. The Morgan fingerprint density at radius 1 is 1.46 bits per heavy atom. The monoisotopic (exact) mass is 558 g/mol. The minimum atomic E-state index is -0.768. The highest BCUT2D eigenvalue weighted by Gasteiger charge is 2.59. The predicted molar refractivity (Wildman–Crippen MR) is 134 cm³/mol. The molecule has 0 saturated carbocycles. The number of carbonyl (C=O) groups is 3. The van der Waals surface area contributed by atoms with E-state index in [2.05, 4.69) is 5.32 Å². The van der Waals surface area contributed by atoms with E-state index in [4.69, 9.17) is 28.9 Å². The van der Waals surface area contributed by atoms with E-state index in [0.717, 1.165) is 34.0 Å². The summed E-state index contributed by atoms with van der Waals surface area (Å²) in [6.07, 6.45) is 4.76. The number of rotatable bonds is 8. The fraction of sp³-hybridized carbons (Fsp3) is 0.545. The molecule has 2 saturated heterocycles. The van der Waals surface area contributed by atoms with Crippen molar-refractivity contribution < 1.29 is 24.1 Å². The number of nitrogens with zero attached hydrogens (tertiary/aromatic N) is 3. The lowest BCUT2D eigenvalue weighted by Crippen LogP contribution is -2.63. The smallest absolute Gasteiger partial charge is 0.361 e. The number of aliphatic hydroxyl groups excluding tert-OH is 1. The molecule has 0 aliphatic carbocycles. The van der Waals surface area contributed by atoms with Gasteiger partial charge < -0.3 is 21.1 Å². The van der Waals surface area contributed by atoms with Crippen LogP contribution >= 0.6 is 46.3 Å². The summed E-state index contributed by atoms with van der Waals surface area (Å²) in [4.78, 5) is 40.5. The first-order valence-corrected chi connectivity index (χ1v) is 13.8. The van der Waals surface area contributed by atoms with E-state index in [9.17, 15) is 19.5 Å². The third kappa shape index (κ3) is 4.30. The highest BCUT2D eigenvalue weighted by Crippen LogP contribution is 2.52. The number of amides is 2. The third-order valence-corrected chi connectivity index (χ3v) is 10.1. The van der Waals surface area contributed by atoms with Crippen LogP contribution in [0.4, 0.5) is 0 Å². The Bertz CT molecular complexity index is 1260. The molecule has 9 nitrogen and oxygen atoms in total. The van der Waals surface area contributed by atoms with Crippen molar-refractivity contribution in [1.29, 1.82) is 0 Å². The van der Waals surface area contributed by atoms with E-state index in [0.29, 0.717) is 5.28 Å². The second-order valence-electron chi connectivity index (χ2n) is 9.42. The van der Waals surface area contributed by atoms with E-state index in [1.807, 2.05) is 23.7 Å². The van der Waals surface area contributed by atoms with Gasteiger partial charge >= 0.3 is 5.28 Å². The van der Waals surface area contributed by atoms with Gasteiger partial charge in [0, 0.05) is 51.6 Å². The van der Waals surface area contributed by atoms with Gasteiger partial charge in [-0.1, -0.05) is 18.3 Å².